The van der Waals surface area contributed by atoms with E-state index in [1.165, 1.54) is 69.9 Å². The van der Waals surface area contributed by atoms with Gasteiger partial charge in [-0.15, -0.1) is 0 Å². The topological polar surface area (TPSA) is 35.5 Å². The second-order valence-corrected chi connectivity index (χ2v) is 10.9. The highest BCUT2D eigenvalue weighted by molar-refractivity contribution is 5.75. The Morgan fingerprint density at radius 1 is 0.771 bits per heavy atom. The lowest BCUT2D eigenvalue weighted by Crippen LogP contribution is -2.30. The summed E-state index contributed by atoms with van der Waals surface area (Å²) in [6.07, 6.45) is 18.2. The lowest BCUT2D eigenvalue weighted by atomic mass is 9.69. The van der Waals surface area contributed by atoms with E-state index in [0.29, 0.717) is 12.5 Å². The first-order chi connectivity index (χ1) is 17.0. The third kappa shape index (κ3) is 8.46. The van der Waals surface area contributed by atoms with Crippen molar-refractivity contribution in [3.05, 3.63) is 23.8 Å². The molecule has 0 unspecified atom stereocenters. The second-order valence-electron chi connectivity index (χ2n) is 10.9. The van der Waals surface area contributed by atoms with E-state index in [2.05, 4.69) is 13.8 Å². The van der Waals surface area contributed by atoms with E-state index in [0.717, 1.165) is 56.8 Å². The zero-order valence-electron chi connectivity index (χ0n) is 22.0. The van der Waals surface area contributed by atoms with Crippen LogP contribution in [-0.4, -0.2) is 12.6 Å². The van der Waals surface area contributed by atoms with Crippen LogP contribution in [0.15, 0.2) is 12.1 Å². The fourth-order valence-corrected chi connectivity index (χ4v) is 6.14. The number of hydrogen-bond donors (Lipinski definition) is 0. The zero-order valence-corrected chi connectivity index (χ0v) is 22.0. The van der Waals surface area contributed by atoms with Gasteiger partial charge in [-0.05, 0) is 74.8 Å². The van der Waals surface area contributed by atoms with Gasteiger partial charge in [0, 0.05) is 0 Å². The quantitative estimate of drug-likeness (QED) is 0.156. The molecule has 3 nitrogen and oxygen atoms in total. The van der Waals surface area contributed by atoms with Crippen LogP contribution in [0.5, 0.6) is 11.5 Å². The Labute approximate surface area is 211 Å². The largest absolute Gasteiger partial charge is 0.490 e. The van der Waals surface area contributed by atoms with Gasteiger partial charge in [0.25, 0.3) is 0 Å². The van der Waals surface area contributed by atoms with Gasteiger partial charge in [-0.1, -0.05) is 71.6 Å². The van der Waals surface area contributed by atoms with Crippen LogP contribution in [0, 0.1) is 35.3 Å². The van der Waals surface area contributed by atoms with Crippen LogP contribution in [0.4, 0.5) is 8.78 Å². The average molecular weight is 493 g/mol. The van der Waals surface area contributed by atoms with Crippen LogP contribution in [-0.2, 0) is 4.79 Å². The summed E-state index contributed by atoms with van der Waals surface area (Å²) in [5.41, 5.74) is 0. The summed E-state index contributed by atoms with van der Waals surface area (Å²) in [5.74, 6) is -0.955. The molecule has 0 radical (unpaired) electrons. The van der Waals surface area contributed by atoms with Gasteiger partial charge in [-0.3, -0.25) is 4.79 Å². The molecule has 5 heteroatoms. The second kappa shape index (κ2) is 14.8. The zero-order chi connectivity index (χ0) is 25.0. The first kappa shape index (κ1) is 27.9. The van der Waals surface area contributed by atoms with Crippen molar-refractivity contribution in [3.8, 4) is 11.5 Å². The molecule has 0 bridgehead atoms. The Balaban J connectivity index is 1.41. The SMILES string of the molecule is CCCCCCCCOc1ccc(OC(=O)C2CCC(C3CCC(CCC)CC3)CC2)c(F)c1F. The summed E-state index contributed by atoms with van der Waals surface area (Å²) in [4.78, 5) is 12.7. The molecule has 1 aromatic carbocycles. The standard InChI is InChI=1S/C30H46F2O3/c1-3-5-6-7-8-9-21-34-26-19-20-27(29(32)28(26)31)35-30(33)25-17-15-24(16-18-25)23-13-11-22(10-4-2)12-14-23/h19-20,22-25H,3-18,21H2,1-2H3. The van der Waals surface area contributed by atoms with Gasteiger partial charge in [0.1, 0.15) is 0 Å². The monoisotopic (exact) mass is 492 g/mol. The maximum atomic E-state index is 14.6. The molecular formula is C30H46F2O3. The number of halogens is 2. The lowest BCUT2D eigenvalue weighted by molar-refractivity contribution is -0.140. The van der Waals surface area contributed by atoms with Gasteiger partial charge in [0.05, 0.1) is 12.5 Å². The Morgan fingerprint density at radius 2 is 1.34 bits per heavy atom. The average Bonchev–Trinajstić information content (AvgIpc) is 2.88. The van der Waals surface area contributed by atoms with Crippen molar-refractivity contribution in [2.45, 2.75) is 117 Å². The molecule has 0 spiro atoms. The molecule has 0 heterocycles. The lowest BCUT2D eigenvalue weighted by Gasteiger charge is -2.37. The van der Waals surface area contributed by atoms with E-state index in [9.17, 15) is 13.6 Å². The van der Waals surface area contributed by atoms with Crippen LogP contribution in [0.2, 0.25) is 0 Å². The third-order valence-corrected chi connectivity index (χ3v) is 8.34. The fourth-order valence-electron chi connectivity index (χ4n) is 6.14. The van der Waals surface area contributed by atoms with Crippen LogP contribution in [0.3, 0.4) is 0 Å². The van der Waals surface area contributed by atoms with Gasteiger partial charge < -0.3 is 9.47 Å². The summed E-state index contributed by atoms with van der Waals surface area (Å²) < 4.78 is 39.8. The van der Waals surface area contributed by atoms with Crippen molar-refractivity contribution in [2.24, 2.45) is 23.7 Å². The first-order valence-corrected chi connectivity index (χ1v) is 14.4. The molecular weight excluding hydrogens is 446 g/mol. The molecule has 0 amide bonds. The fraction of sp³-hybridized carbons (Fsp3) is 0.767. The Bertz CT molecular complexity index is 765. The van der Waals surface area contributed by atoms with E-state index in [4.69, 9.17) is 9.47 Å². The van der Waals surface area contributed by atoms with E-state index in [1.807, 2.05) is 0 Å². The van der Waals surface area contributed by atoms with Gasteiger partial charge in [-0.2, -0.15) is 8.78 Å². The summed E-state index contributed by atoms with van der Waals surface area (Å²) in [6, 6.07) is 2.68. The molecule has 1 aromatic rings. The minimum absolute atomic E-state index is 0.120. The predicted octanol–water partition coefficient (Wildman–Crippen LogP) is 9.02. The van der Waals surface area contributed by atoms with Gasteiger partial charge in [0.2, 0.25) is 11.6 Å². The van der Waals surface area contributed by atoms with Gasteiger partial charge in [0.15, 0.2) is 11.5 Å². The molecule has 2 fully saturated rings. The molecule has 0 aromatic heterocycles. The summed E-state index contributed by atoms with van der Waals surface area (Å²) in [6.45, 7) is 4.79. The molecule has 0 N–H and O–H groups in total. The number of benzene rings is 1. The van der Waals surface area contributed by atoms with E-state index >= 15 is 0 Å². The smallest absolute Gasteiger partial charge is 0.314 e. The molecule has 35 heavy (non-hydrogen) atoms. The third-order valence-electron chi connectivity index (χ3n) is 8.34. The summed E-state index contributed by atoms with van der Waals surface area (Å²) in [7, 11) is 0. The first-order valence-electron chi connectivity index (χ1n) is 14.4. The highest BCUT2D eigenvalue weighted by atomic mass is 19.2. The van der Waals surface area contributed by atoms with Crippen molar-refractivity contribution in [1.82, 2.24) is 0 Å². The number of rotatable bonds is 13. The van der Waals surface area contributed by atoms with Crippen LogP contribution in [0.25, 0.3) is 0 Å². The van der Waals surface area contributed by atoms with Crippen molar-refractivity contribution in [2.75, 3.05) is 6.61 Å². The Hall–Kier alpha value is -1.65. The van der Waals surface area contributed by atoms with Crippen LogP contribution >= 0.6 is 0 Å². The molecule has 0 saturated heterocycles. The molecule has 2 aliphatic rings. The van der Waals surface area contributed by atoms with Gasteiger partial charge >= 0.3 is 5.97 Å². The Kier molecular flexibility index (Phi) is 11.8. The molecule has 0 aliphatic heterocycles. The maximum absolute atomic E-state index is 14.6. The van der Waals surface area contributed by atoms with Crippen LogP contribution in [0.1, 0.15) is 117 Å². The molecule has 2 aliphatic carbocycles. The number of carbonyl (C=O) groups is 1. The van der Waals surface area contributed by atoms with E-state index < -0.39 is 17.6 Å². The molecule has 198 valence electrons. The highest BCUT2D eigenvalue weighted by Gasteiger charge is 2.34. The molecule has 3 rings (SSSR count). The minimum atomic E-state index is -1.14. The molecule has 2 saturated carbocycles. The van der Waals surface area contributed by atoms with Crippen molar-refractivity contribution in [3.63, 3.8) is 0 Å². The maximum Gasteiger partial charge on any atom is 0.314 e. The Morgan fingerprint density at radius 3 is 2.00 bits per heavy atom. The van der Waals surface area contributed by atoms with Gasteiger partial charge in [-0.25, -0.2) is 0 Å². The highest BCUT2D eigenvalue weighted by Crippen LogP contribution is 2.42. The number of unbranched alkanes of at least 4 members (excludes halogenated alkanes) is 5. The normalized spacial score (nSPS) is 24.8. The van der Waals surface area contributed by atoms with Crippen molar-refractivity contribution in [1.29, 1.82) is 0 Å². The predicted molar refractivity (Wildman–Crippen MR) is 137 cm³/mol. The minimum Gasteiger partial charge on any atom is -0.490 e. The number of hydrogen-bond acceptors (Lipinski definition) is 3. The van der Waals surface area contributed by atoms with Crippen molar-refractivity contribution < 1.29 is 23.0 Å². The van der Waals surface area contributed by atoms with E-state index in [-0.39, 0.29) is 17.4 Å². The number of esters is 1. The number of ether oxygens (including phenoxy) is 2. The van der Waals surface area contributed by atoms with Crippen LogP contribution < -0.4 is 9.47 Å². The van der Waals surface area contributed by atoms with E-state index in [1.54, 1.807) is 0 Å². The summed E-state index contributed by atoms with van der Waals surface area (Å²) >= 11 is 0. The number of carbonyl (C=O) groups excluding carboxylic acids is 1. The molecule has 0 atom stereocenters. The van der Waals surface area contributed by atoms with Crippen molar-refractivity contribution >= 4 is 5.97 Å². The summed E-state index contributed by atoms with van der Waals surface area (Å²) in [5, 5.41) is 0.